The topological polar surface area (TPSA) is 50.1 Å². The van der Waals surface area contributed by atoms with Crippen LogP contribution in [0.1, 0.15) is 5.56 Å². The van der Waals surface area contributed by atoms with E-state index in [9.17, 15) is 0 Å². The molecule has 0 atom stereocenters. The van der Waals surface area contributed by atoms with Crippen molar-refractivity contribution < 1.29 is 0 Å². The largest absolute Gasteiger partial charge is 0.376 e. The summed E-state index contributed by atoms with van der Waals surface area (Å²) in [5.74, 6) is 0. The van der Waals surface area contributed by atoms with Crippen LogP contribution in [0.2, 0.25) is 0 Å². The fraction of sp³-hybridized carbons (Fsp3) is 0.182. The second-order valence-electron chi connectivity index (χ2n) is 3.04. The number of hydrogen-bond donors (Lipinski definition) is 3. The summed E-state index contributed by atoms with van der Waals surface area (Å²) < 4.78 is 0. The molecule has 1 aromatic carbocycles. The highest BCUT2D eigenvalue weighted by molar-refractivity contribution is 7.80. The van der Waals surface area contributed by atoms with E-state index in [4.69, 9.17) is 18.0 Å². The first-order valence-electron chi connectivity index (χ1n) is 4.70. The van der Waals surface area contributed by atoms with Gasteiger partial charge in [0.05, 0.1) is 0 Å². The van der Waals surface area contributed by atoms with Crippen molar-refractivity contribution in [3.63, 3.8) is 0 Å². The van der Waals surface area contributed by atoms with Gasteiger partial charge in [-0.05, 0) is 30.9 Å². The molecule has 0 heterocycles. The van der Waals surface area contributed by atoms with Gasteiger partial charge in [0.25, 0.3) is 0 Å². The Morgan fingerprint density at radius 2 is 2.20 bits per heavy atom. The SMILES string of the molecule is CNCC=Cc1ccccc1NC(N)=S. The average Bonchev–Trinajstić information content (AvgIpc) is 2.20. The van der Waals surface area contributed by atoms with Crippen molar-refractivity contribution in [3.05, 3.63) is 35.9 Å². The van der Waals surface area contributed by atoms with E-state index in [1.807, 2.05) is 43.5 Å². The molecule has 0 aliphatic rings. The number of likely N-dealkylation sites (N-methyl/N-ethyl adjacent to an activating group) is 1. The Kier molecular flexibility index (Phi) is 4.80. The molecule has 4 N–H and O–H groups in total. The van der Waals surface area contributed by atoms with Crippen LogP contribution in [0.5, 0.6) is 0 Å². The highest BCUT2D eigenvalue weighted by atomic mass is 32.1. The number of rotatable bonds is 4. The third-order valence-corrected chi connectivity index (χ3v) is 1.94. The Labute approximate surface area is 95.4 Å². The van der Waals surface area contributed by atoms with Crippen LogP contribution >= 0.6 is 12.2 Å². The number of anilines is 1. The highest BCUT2D eigenvalue weighted by Crippen LogP contribution is 2.15. The first-order chi connectivity index (χ1) is 7.24. The number of para-hydroxylation sites is 1. The number of thiocarbonyl (C=S) groups is 1. The first-order valence-corrected chi connectivity index (χ1v) is 5.11. The monoisotopic (exact) mass is 221 g/mol. The molecule has 1 rings (SSSR count). The lowest BCUT2D eigenvalue weighted by Gasteiger charge is -2.07. The van der Waals surface area contributed by atoms with E-state index in [0.717, 1.165) is 17.8 Å². The van der Waals surface area contributed by atoms with E-state index >= 15 is 0 Å². The summed E-state index contributed by atoms with van der Waals surface area (Å²) >= 11 is 4.80. The summed E-state index contributed by atoms with van der Waals surface area (Å²) in [7, 11) is 1.91. The minimum atomic E-state index is 0.282. The van der Waals surface area contributed by atoms with Crippen molar-refractivity contribution >= 4 is 29.1 Å². The fourth-order valence-electron chi connectivity index (χ4n) is 1.19. The predicted octanol–water partition coefficient (Wildman–Crippen LogP) is 1.57. The van der Waals surface area contributed by atoms with Crippen molar-refractivity contribution in [2.45, 2.75) is 0 Å². The van der Waals surface area contributed by atoms with Crippen LogP contribution in [-0.2, 0) is 0 Å². The molecule has 4 heteroatoms. The zero-order valence-corrected chi connectivity index (χ0v) is 9.47. The molecule has 0 radical (unpaired) electrons. The molecule has 1 aromatic rings. The molecule has 0 aliphatic heterocycles. The zero-order valence-electron chi connectivity index (χ0n) is 8.66. The number of hydrogen-bond acceptors (Lipinski definition) is 2. The number of nitrogens with two attached hydrogens (primary N) is 1. The molecule has 0 fully saturated rings. The van der Waals surface area contributed by atoms with Crippen molar-refractivity contribution in [2.75, 3.05) is 18.9 Å². The van der Waals surface area contributed by atoms with Gasteiger partial charge in [0, 0.05) is 12.2 Å². The Morgan fingerprint density at radius 3 is 2.87 bits per heavy atom. The summed E-state index contributed by atoms with van der Waals surface area (Å²) in [5, 5.41) is 6.26. The van der Waals surface area contributed by atoms with E-state index in [1.54, 1.807) is 0 Å². The molecule has 0 amide bonds. The summed E-state index contributed by atoms with van der Waals surface area (Å²) in [6.45, 7) is 0.835. The lowest BCUT2D eigenvalue weighted by Crippen LogP contribution is -2.19. The second-order valence-corrected chi connectivity index (χ2v) is 3.48. The quantitative estimate of drug-likeness (QED) is 0.676. The third kappa shape index (κ3) is 4.10. The lowest BCUT2D eigenvalue weighted by molar-refractivity contribution is 0.922. The van der Waals surface area contributed by atoms with Crippen LogP contribution in [0.3, 0.4) is 0 Å². The highest BCUT2D eigenvalue weighted by Gasteiger charge is 1.97. The van der Waals surface area contributed by atoms with Crippen LogP contribution in [0.4, 0.5) is 5.69 Å². The van der Waals surface area contributed by atoms with Gasteiger partial charge < -0.3 is 16.4 Å². The van der Waals surface area contributed by atoms with E-state index in [1.165, 1.54) is 0 Å². The molecular formula is C11H15N3S. The van der Waals surface area contributed by atoms with Gasteiger partial charge in [-0.25, -0.2) is 0 Å². The molecule has 0 spiro atoms. The van der Waals surface area contributed by atoms with Crippen molar-refractivity contribution in [3.8, 4) is 0 Å². The molecule has 0 aliphatic carbocycles. The maximum atomic E-state index is 5.43. The van der Waals surface area contributed by atoms with Gasteiger partial charge in [-0.1, -0.05) is 30.4 Å². The summed E-state index contributed by atoms with van der Waals surface area (Å²) in [5.41, 5.74) is 7.43. The van der Waals surface area contributed by atoms with Gasteiger partial charge in [-0.2, -0.15) is 0 Å². The van der Waals surface area contributed by atoms with Crippen LogP contribution in [-0.4, -0.2) is 18.7 Å². The van der Waals surface area contributed by atoms with Gasteiger partial charge in [0.1, 0.15) is 0 Å². The maximum absolute atomic E-state index is 5.43. The smallest absolute Gasteiger partial charge is 0.168 e. The molecular weight excluding hydrogens is 206 g/mol. The van der Waals surface area contributed by atoms with Gasteiger partial charge >= 0.3 is 0 Å². The van der Waals surface area contributed by atoms with Gasteiger partial charge in [-0.15, -0.1) is 0 Å². The van der Waals surface area contributed by atoms with E-state index in [0.29, 0.717) is 0 Å². The molecule has 0 unspecified atom stereocenters. The lowest BCUT2D eigenvalue weighted by atomic mass is 10.1. The van der Waals surface area contributed by atoms with Crippen molar-refractivity contribution in [1.29, 1.82) is 0 Å². The average molecular weight is 221 g/mol. The van der Waals surface area contributed by atoms with Gasteiger partial charge in [-0.3, -0.25) is 0 Å². The number of nitrogens with one attached hydrogen (secondary N) is 2. The van der Waals surface area contributed by atoms with Crippen molar-refractivity contribution in [1.82, 2.24) is 5.32 Å². The zero-order chi connectivity index (χ0) is 11.1. The Balaban J connectivity index is 2.81. The molecule has 15 heavy (non-hydrogen) atoms. The Hall–Kier alpha value is -1.39. The molecule has 80 valence electrons. The first kappa shape index (κ1) is 11.7. The number of benzene rings is 1. The standard InChI is InChI=1S/C11H15N3S/c1-13-8-4-6-9-5-2-3-7-10(9)14-11(12)15/h2-7,13H,8H2,1H3,(H3,12,14,15). The molecule has 0 saturated carbocycles. The van der Waals surface area contributed by atoms with Gasteiger partial charge in [0.2, 0.25) is 0 Å². The minimum absolute atomic E-state index is 0.282. The molecule has 0 saturated heterocycles. The normalized spacial score (nSPS) is 10.5. The summed E-state index contributed by atoms with van der Waals surface area (Å²) in [4.78, 5) is 0. The van der Waals surface area contributed by atoms with E-state index in [-0.39, 0.29) is 5.11 Å². The van der Waals surface area contributed by atoms with Crippen LogP contribution in [0, 0.1) is 0 Å². The van der Waals surface area contributed by atoms with Crippen LogP contribution < -0.4 is 16.4 Å². The Morgan fingerprint density at radius 1 is 1.47 bits per heavy atom. The van der Waals surface area contributed by atoms with Crippen molar-refractivity contribution in [2.24, 2.45) is 5.73 Å². The molecule has 0 bridgehead atoms. The van der Waals surface area contributed by atoms with E-state index in [2.05, 4.69) is 10.6 Å². The summed E-state index contributed by atoms with van der Waals surface area (Å²) in [6, 6.07) is 7.87. The summed E-state index contributed by atoms with van der Waals surface area (Å²) in [6.07, 6.45) is 4.07. The second kappa shape index (κ2) is 6.16. The molecule has 3 nitrogen and oxygen atoms in total. The maximum Gasteiger partial charge on any atom is 0.168 e. The van der Waals surface area contributed by atoms with Gasteiger partial charge in [0.15, 0.2) is 5.11 Å². The molecule has 0 aromatic heterocycles. The predicted molar refractivity (Wildman–Crippen MR) is 69.8 cm³/mol. The fourth-order valence-corrected chi connectivity index (χ4v) is 1.30. The van der Waals surface area contributed by atoms with Crippen LogP contribution in [0.25, 0.3) is 6.08 Å². The third-order valence-electron chi connectivity index (χ3n) is 1.84. The minimum Gasteiger partial charge on any atom is -0.376 e. The Bertz CT molecular complexity index is 361. The van der Waals surface area contributed by atoms with E-state index < -0.39 is 0 Å². The van der Waals surface area contributed by atoms with Crippen LogP contribution in [0.15, 0.2) is 30.3 Å².